The third-order valence-electron chi connectivity index (χ3n) is 4.50. The molecule has 0 aliphatic rings. The summed E-state index contributed by atoms with van der Waals surface area (Å²) in [5.74, 6) is -1.69. The molecular formula is C23H35N3O6S. The Morgan fingerprint density at radius 1 is 1.15 bits per heavy atom. The summed E-state index contributed by atoms with van der Waals surface area (Å²) in [7, 11) is 1.22. The minimum Gasteiger partial charge on any atom is -0.468 e. The van der Waals surface area contributed by atoms with Crippen molar-refractivity contribution in [2.24, 2.45) is 0 Å². The van der Waals surface area contributed by atoms with Crippen molar-refractivity contribution in [2.45, 2.75) is 65.3 Å². The molecule has 0 aliphatic heterocycles. The maximum atomic E-state index is 13.6. The smallest absolute Gasteiger partial charge is 0.408 e. The van der Waals surface area contributed by atoms with Crippen LogP contribution < -0.4 is 10.6 Å². The number of nitrogens with zero attached hydrogens (tertiary/aromatic N) is 1. The van der Waals surface area contributed by atoms with Gasteiger partial charge < -0.3 is 25.0 Å². The van der Waals surface area contributed by atoms with Gasteiger partial charge in [0.2, 0.25) is 11.8 Å². The number of hydrogen-bond donors (Lipinski definition) is 3. The van der Waals surface area contributed by atoms with Crippen LogP contribution in [0, 0.1) is 6.92 Å². The van der Waals surface area contributed by atoms with Crippen molar-refractivity contribution >= 4 is 36.5 Å². The second kappa shape index (κ2) is 12.5. The van der Waals surface area contributed by atoms with Gasteiger partial charge in [-0.1, -0.05) is 29.8 Å². The van der Waals surface area contributed by atoms with Gasteiger partial charge in [0, 0.05) is 11.8 Å². The van der Waals surface area contributed by atoms with Crippen LogP contribution in [0.15, 0.2) is 24.3 Å². The van der Waals surface area contributed by atoms with Crippen molar-refractivity contribution in [1.82, 2.24) is 15.5 Å². The number of alkyl carbamates (subject to hydrolysis) is 1. The Morgan fingerprint density at radius 2 is 1.79 bits per heavy atom. The molecule has 2 atom stereocenters. The Morgan fingerprint density at radius 3 is 2.27 bits per heavy atom. The molecule has 2 N–H and O–H groups in total. The van der Waals surface area contributed by atoms with Gasteiger partial charge in [-0.25, -0.2) is 4.79 Å². The molecule has 0 aromatic heterocycles. The van der Waals surface area contributed by atoms with E-state index in [4.69, 9.17) is 4.74 Å². The molecule has 1 rings (SSSR count). The minimum atomic E-state index is -1.05. The van der Waals surface area contributed by atoms with Crippen molar-refractivity contribution in [2.75, 3.05) is 19.4 Å². The van der Waals surface area contributed by atoms with Gasteiger partial charge in [0.25, 0.3) is 0 Å². The molecule has 184 valence electrons. The van der Waals surface area contributed by atoms with Gasteiger partial charge in [0.15, 0.2) is 0 Å². The van der Waals surface area contributed by atoms with E-state index in [1.54, 1.807) is 52.8 Å². The highest BCUT2D eigenvalue weighted by Crippen LogP contribution is 2.26. The summed E-state index contributed by atoms with van der Waals surface area (Å²) in [6.45, 7) is 10.2. The lowest BCUT2D eigenvalue weighted by Crippen LogP contribution is -2.56. The lowest BCUT2D eigenvalue weighted by atomic mass is 9.99. The van der Waals surface area contributed by atoms with Crippen LogP contribution in [0.25, 0.3) is 0 Å². The number of carbonyl (C=O) groups excluding carboxylic acids is 4. The number of amides is 3. The molecule has 1 aromatic rings. The summed E-state index contributed by atoms with van der Waals surface area (Å²) in [6, 6.07) is 4.67. The van der Waals surface area contributed by atoms with E-state index in [2.05, 4.69) is 28.0 Å². The van der Waals surface area contributed by atoms with Crippen LogP contribution in [-0.4, -0.2) is 65.9 Å². The van der Waals surface area contributed by atoms with Crippen LogP contribution in [0.3, 0.4) is 0 Å². The molecule has 0 aliphatic carbocycles. The van der Waals surface area contributed by atoms with E-state index in [1.165, 1.54) is 12.0 Å². The van der Waals surface area contributed by atoms with Crippen LogP contribution >= 0.6 is 12.6 Å². The maximum Gasteiger partial charge on any atom is 0.408 e. The van der Waals surface area contributed by atoms with E-state index < -0.39 is 47.6 Å². The molecule has 1 aromatic carbocycles. The number of methoxy groups -OCH3 is 1. The van der Waals surface area contributed by atoms with E-state index in [0.29, 0.717) is 5.56 Å². The second-order valence-corrected chi connectivity index (χ2v) is 9.20. The van der Waals surface area contributed by atoms with E-state index in [9.17, 15) is 19.2 Å². The summed E-state index contributed by atoms with van der Waals surface area (Å²) < 4.78 is 9.85. The van der Waals surface area contributed by atoms with Crippen LogP contribution in [0.1, 0.15) is 51.8 Å². The monoisotopic (exact) mass is 481 g/mol. The van der Waals surface area contributed by atoms with Gasteiger partial charge in [0.05, 0.1) is 7.11 Å². The molecule has 0 spiro atoms. The lowest BCUT2D eigenvalue weighted by molar-refractivity contribution is -0.145. The van der Waals surface area contributed by atoms with Crippen molar-refractivity contribution in [3.05, 3.63) is 35.4 Å². The number of benzene rings is 1. The fraction of sp³-hybridized carbons (Fsp3) is 0.565. The highest BCUT2D eigenvalue weighted by molar-refractivity contribution is 7.80. The Labute approximate surface area is 201 Å². The Hall–Kier alpha value is -2.75. The first-order valence-corrected chi connectivity index (χ1v) is 11.3. The number of nitrogens with one attached hydrogen (secondary N) is 2. The molecule has 0 saturated heterocycles. The molecule has 2 unspecified atom stereocenters. The highest BCUT2D eigenvalue weighted by Gasteiger charge is 2.37. The molecule has 0 radical (unpaired) electrons. The van der Waals surface area contributed by atoms with Gasteiger partial charge in [-0.15, -0.1) is 0 Å². The average molecular weight is 482 g/mol. The fourth-order valence-corrected chi connectivity index (χ4v) is 3.35. The summed E-state index contributed by atoms with van der Waals surface area (Å²) in [4.78, 5) is 52.0. The second-order valence-electron chi connectivity index (χ2n) is 8.83. The molecule has 0 bridgehead atoms. The standard InChI is InChI=1S/C23H35N3O6S/c1-14(2)26(21(29)17(13-33)25-22(30)32-23(4,5)6)19(16-10-8-9-15(3)11-16)20(28)24-12-18(27)31-7/h8-11,14,17,19,33H,12-13H2,1-7H3,(H,24,28)(H,25,30). The number of esters is 1. The topological polar surface area (TPSA) is 114 Å². The van der Waals surface area contributed by atoms with Gasteiger partial charge in [0.1, 0.15) is 24.2 Å². The minimum absolute atomic E-state index is 0.00832. The van der Waals surface area contributed by atoms with Gasteiger partial charge in [-0.3, -0.25) is 14.4 Å². The molecule has 33 heavy (non-hydrogen) atoms. The third-order valence-corrected chi connectivity index (χ3v) is 4.87. The van der Waals surface area contributed by atoms with Crippen molar-refractivity contribution in [1.29, 1.82) is 0 Å². The zero-order valence-corrected chi connectivity index (χ0v) is 21.2. The van der Waals surface area contributed by atoms with Crippen LogP contribution in [0.2, 0.25) is 0 Å². The largest absolute Gasteiger partial charge is 0.468 e. The zero-order valence-electron chi connectivity index (χ0n) is 20.3. The highest BCUT2D eigenvalue weighted by atomic mass is 32.1. The van der Waals surface area contributed by atoms with E-state index in [-0.39, 0.29) is 12.3 Å². The SMILES string of the molecule is COC(=O)CNC(=O)C(c1cccc(C)c1)N(C(=O)C(CS)NC(=O)OC(C)(C)C)C(C)C. The van der Waals surface area contributed by atoms with Gasteiger partial charge >= 0.3 is 12.1 Å². The average Bonchev–Trinajstić information content (AvgIpc) is 2.71. The fourth-order valence-electron chi connectivity index (χ4n) is 3.10. The summed E-state index contributed by atoms with van der Waals surface area (Å²) in [5, 5.41) is 5.07. The first-order valence-electron chi connectivity index (χ1n) is 10.6. The van der Waals surface area contributed by atoms with Crippen molar-refractivity contribution in [3.63, 3.8) is 0 Å². The molecule has 0 saturated carbocycles. The summed E-state index contributed by atoms with van der Waals surface area (Å²) in [6.07, 6.45) is -0.763. The number of ether oxygens (including phenoxy) is 2. The molecular weight excluding hydrogens is 446 g/mol. The summed E-state index contributed by atoms with van der Waals surface area (Å²) in [5.41, 5.74) is 0.714. The number of carbonyl (C=O) groups is 4. The van der Waals surface area contributed by atoms with Crippen molar-refractivity contribution < 1.29 is 28.7 Å². The normalized spacial score (nSPS) is 13.0. The Balaban J connectivity index is 3.33. The maximum absolute atomic E-state index is 13.6. The Bertz CT molecular complexity index is 853. The summed E-state index contributed by atoms with van der Waals surface area (Å²) >= 11 is 4.23. The van der Waals surface area contributed by atoms with Gasteiger partial charge in [-0.05, 0) is 47.1 Å². The van der Waals surface area contributed by atoms with E-state index >= 15 is 0 Å². The first kappa shape index (κ1) is 28.3. The van der Waals surface area contributed by atoms with Crippen molar-refractivity contribution in [3.8, 4) is 0 Å². The number of thiol groups is 1. The van der Waals surface area contributed by atoms with Crippen LogP contribution in [-0.2, 0) is 23.9 Å². The molecule has 3 amide bonds. The number of aryl methyl sites for hydroxylation is 1. The molecule has 0 fully saturated rings. The molecule has 9 nitrogen and oxygen atoms in total. The number of rotatable bonds is 9. The van der Waals surface area contributed by atoms with Gasteiger partial charge in [-0.2, -0.15) is 12.6 Å². The van der Waals surface area contributed by atoms with Crippen LogP contribution in [0.5, 0.6) is 0 Å². The predicted octanol–water partition coefficient (Wildman–Crippen LogP) is 2.39. The Kier molecular flexibility index (Phi) is 10.7. The number of hydrogen-bond acceptors (Lipinski definition) is 7. The quantitative estimate of drug-likeness (QED) is 0.369. The first-order chi connectivity index (χ1) is 15.3. The molecule has 10 heteroatoms. The zero-order chi connectivity index (χ0) is 25.3. The lowest BCUT2D eigenvalue weighted by Gasteiger charge is -2.37. The van der Waals surface area contributed by atoms with E-state index in [1.807, 2.05) is 13.0 Å². The third kappa shape index (κ3) is 8.95. The van der Waals surface area contributed by atoms with Crippen LogP contribution in [0.4, 0.5) is 4.79 Å². The van der Waals surface area contributed by atoms with E-state index in [0.717, 1.165) is 5.56 Å². The predicted molar refractivity (Wildman–Crippen MR) is 128 cm³/mol. The molecule has 0 heterocycles.